The Hall–Kier alpha value is -2.52. The van der Waals surface area contributed by atoms with E-state index in [0.717, 1.165) is 13.0 Å². The van der Waals surface area contributed by atoms with Crippen LogP contribution in [-0.4, -0.2) is 11.7 Å². The first kappa shape index (κ1) is 21.8. The number of aromatic nitrogens is 1. The van der Waals surface area contributed by atoms with Gasteiger partial charge in [-0.25, -0.2) is 22.0 Å². The maximum absolute atomic E-state index is 12.1. The third-order valence-electron chi connectivity index (χ3n) is 3.86. The summed E-state index contributed by atoms with van der Waals surface area (Å²) in [6, 6.07) is 10.4. The van der Waals surface area contributed by atoms with Crippen molar-refractivity contribution in [3.05, 3.63) is 81.1 Å². The summed E-state index contributed by atoms with van der Waals surface area (Å²) < 4.78 is 62.7. The number of halogens is 5. The smallest absolute Gasteiger partial charge is 0.225 e. The molecule has 0 atom stereocenters. The van der Waals surface area contributed by atoms with Crippen LogP contribution in [0.3, 0.4) is 0 Å². The second kappa shape index (κ2) is 9.61. The monoisotopic (exact) mass is 417 g/mol. The normalized spacial score (nSPS) is 10.5. The second-order valence-corrected chi connectivity index (χ2v) is 6.66. The fraction of sp³-hybridized carbons (Fsp3) is 0.211. The topological polar surface area (TPSA) is 47.2 Å². The van der Waals surface area contributed by atoms with Crippen LogP contribution in [0.2, 0.25) is 0 Å². The minimum Gasteiger partial charge on any atom is -0.868 e. The minimum absolute atomic E-state index is 0.229. The molecular weight excluding hydrogens is 401 g/mol. The number of hydrogen-bond acceptors (Lipinski definition) is 3. The van der Waals surface area contributed by atoms with Crippen LogP contribution in [0.25, 0.3) is 0 Å². The van der Waals surface area contributed by atoms with Gasteiger partial charge in [-0.3, -0.25) is 0 Å². The molecule has 0 radical (unpaired) electrons. The molecule has 1 aromatic heterocycles. The van der Waals surface area contributed by atoms with E-state index in [1.54, 1.807) is 11.3 Å². The Bertz CT molecular complexity index is 842. The van der Waals surface area contributed by atoms with Crippen LogP contribution in [0.15, 0.2) is 35.8 Å². The molecule has 28 heavy (non-hydrogen) atoms. The first-order valence-electron chi connectivity index (χ1n) is 8.07. The van der Waals surface area contributed by atoms with Crippen LogP contribution >= 0.6 is 11.3 Å². The zero-order chi connectivity index (χ0) is 20.8. The molecule has 1 heterocycles. The minimum atomic E-state index is -2.33. The first-order chi connectivity index (χ1) is 13.3. The van der Waals surface area contributed by atoms with E-state index in [-0.39, 0.29) is 6.61 Å². The summed E-state index contributed by atoms with van der Waals surface area (Å²) in [6.07, 6.45) is 0.762. The van der Waals surface area contributed by atoms with Gasteiger partial charge in [-0.1, -0.05) is 41.7 Å². The Morgan fingerprint density at radius 1 is 0.929 bits per heavy atom. The average molecular weight is 417 g/mol. The predicted octanol–water partition coefficient (Wildman–Crippen LogP) is 3.38. The zero-order valence-corrected chi connectivity index (χ0v) is 15.5. The number of hydrogen-bond donors (Lipinski definition) is 1. The molecule has 0 aliphatic heterocycles. The molecule has 150 valence electrons. The van der Waals surface area contributed by atoms with Crippen molar-refractivity contribution in [3.63, 3.8) is 0 Å². The summed E-state index contributed by atoms with van der Waals surface area (Å²) in [5.41, 5.74) is 4.71. The fourth-order valence-electron chi connectivity index (χ4n) is 2.31. The van der Waals surface area contributed by atoms with Gasteiger partial charge in [0, 0.05) is 25.5 Å². The third-order valence-corrected chi connectivity index (χ3v) is 5.00. The highest BCUT2D eigenvalue weighted by atomic mass is 32.1. The molecule has 0 aliphatic rings. The lowest BCUT2D eigenvalue weighted by atomic mass is 10.2. The molecule has 0 amide bonds. The van der Waals surface area contributed by atoms with Gasteiger partial charge in [0.05, 0.1) is 4.88 Å². The third kappa shape index (κ3) is 4.85. The molecule has 3 aromatic rings. The maximum atomic E-state index is 12.1. The quantitative estimate of drug-likeness (QED) is 0.306. The van der Waals surface area contributed by atoms with E-state index in [1.807, 2.05) is 6.07 Å². The Morgan fingerprint density at radius 2 is 1.46 bits per heavy atom. The summed E-state index contributed by atoms with van der Waals surface area (Å²) in [6.45, 7) is 3.26. The first-order valence-corrected chi connectivity index (χ1v) is 8.95. The lowest BCUT2D eigenvalue weighted by molar-refractivity contribution is -0.689. The van der Waals surface area contributed by atoms with Crippen molar-refractivity contribution in [2.24, 2.45) is 0 Å². The van der Waals surface area contributed by atoms with Gasteiger partial charge < -0.3 is 10.2 Å². The Balaban J connectivity index is 0.000000209. The van der Waals surface area contributed by atoms with Gasteiger partial charge >= 0.3 is 0 Å². The van der Waals surface area contributed by atoms with Crippen molar-refractivity contribution in [2.45, 2.75) is 19.9 Å². The molecule has 0 fully saturated rings. The van der Waals surface area contributed by atoms with E-state index >= 15 is 0 Å². The lowest BCUT2D eigenvalue weighted by Crippen LogP contribution is -2.35. The number of aliphatic hydroxyl groups excluding tert-OH is 1. The van der Waals surface area contributed by atoms with Crippen molar-refractivity contribution in [1.29, 1.82) is 0 Å². The molecule has 1 N–H and O–H groups in total. The van der Waals surface area contributed by atoms with E-state index in [9.17, 15) is 27.1 Å². The zero-order valence-electron chi connectivity index (χ0n) is 14.7. The molecule has 0 aliphatic carbocycles. The van der Waals surface area contributed by atoms with Crippen LogP contribution in [0.4, 0.5) is 22.0 Å². The highest BCUT2D eigenvalue weighted by Crippen LogP contribution is 2.25. The summed E-state index contributed by atoms with van der Waals surface area (Å²) in [4.78, 5) is 1.28. The molecular formula is C19H16F5NO2S. The standard InChI is InChI=1S/C13H16NOS.C6HF5O/c1-11-13(7-8-15)16-10-14(11)9-12-5-3-2-4-6-12;7-1-2(8)4(10)6(12)5(11)3(1)9/h2-6,10,15H,7-9H2,1H3;12H/q+1;/p-1. The summed E-state index contributed by atoms with van der Waals surface area (Å²) in [7, 11) is 0. The Labute approximate surface area is 161 Å². The van der Waals surface area contributed by atoms with Crippen molar-refractivity contribution < 1.29 is 36.7 Å². The van der Waals surface area contributed by atoms with Crippen molar-refractivity contribution >= 4 is 11.3 Å². The fourth-order valence-corrected chi connectivity index (χ4v) is 3.30. The summed E-state index contributed by atoms with van der Waals surface area (Å²) in [5.74, 6) is -13.6. The molecule has 3 nitrogen and oxygen atoms in total. The van der Waals surface area contributed by atoms with Gasteiger partial charge in [-0.05, 0) is 5.75 Å². The van der Waals surface area contributed by atoms with E-state index in [1.165, 1.54) is 16.1 Å². The highest BCUT2D eigenvalue weighted by molar-refractivity contribution is 7.09. The highest BCUT2D eigenvalue weighted by Gasteiger charge is 2.20. The van der Waals surface area contributed by atoms with Crippen LogP contribution in [0.1, 0.15) is 16.1 Å². The van der Waals surface area contributed by atoms with Crippen molar-refractivity contribution in [1.82, 2.24) is 0 Å². The van der Waals surface area contributed by atoms with Gasteiger partial charge in [-0.2, -0.15) is 4.57 Å². The largest absolute Gasteiger partial charge is 0.868 e. The molecule has 0 saturated carbocycles. The molecule has 9 heteroatoms. The Morgan fingerprint density at radius 3 is 2.00 bits per heavy atom. The summed E-state index contributed by atoms with van der Waals surface area (Å²) in [5, 5.41) is 19.1. The summed E-state index contributed by atoms with van der Waals surface area (Å²) >= 11 is 1.72. The maximum Gasteiger partial charge on any atom is 0.225 e. The molecule has 3 rings (SSSR count). The van der Waals surface area contributed by atoms with Gasteiger partial charge in [0.15, 0.2) is 41.3 Å². The number of thiazole rings is 1. The Kier molecular flexibility index (Phi) is 7.47. The molecule has 0 spiro atoms. The van der Waals surface area contributed by atoms with Crippen LogP contribution in [0, 0.1) is 36.0 Å². The van der Waals surface area contributed by atoms with Gasteiger partial charge in [0.2, 0.25) is 5.51 Å². The van der Waals surface area contributed by atoms with Crippen LogP contribution in [-0.2, 0) is 13.0 Å². The lowest BCUT2D eigenvalue weighted by Gasteiger charge is -2.09. The van der Waals surface area contributed by atoms with E-state index < -0.39 is 34.8 Å². The van der Waals surface area contributed by atoms with Gasteiger partial charge in [0.1, 0.15) is 0 Å². The van der Waals surface area contributed by atoms with E-state index in [2.05, 4.69) is 41.3 Å². The number of aliphatic hydroxyl groups is 1. The van der Waals surface area contributed by atoms with Gasteiger partial charge in [-0.15, -0.1) is 0 Å². The van der Waals surface area contributed by atoms with Crippen LogP contribution in [0.5, 0.6) is 5.75 Å². The average Bonchev–Trinajstić information content (AvgIpc) is 3.04. The predicted molar refractivity (Wildman–Crippen MR) is 91.3 cm³/mol. The molecule has 2 aromatic carbocycles. The van der Waals surface area contributed by atoms with E-state index in [0.29, 0.717) is 0 Å². The number of benzene rings is 2. The van der Waals surface area contributed by atoms with Gasteiger partial charge in [0.25, 0.3) is 0 Å². The SMILES string of the molecule is Cc1c(CCO)sc[n+]1Cc1ccccc1.[O-]c1c(F)c(F)c(F)c(F)c1F. The molecule has 0 saturated heterocycles. The molecule has 0 unspecified atom stereocenters. The second-order valence-electron chi connectivity index (χ2n) is 5.72. The molecule has 0 bridgehead atoms. The van der Waals surface area contributed by atoms with Crippen molar-refractivity contribution in [2.75, 3.05) is 6.61 Å². The van der Waals surface area contributed by atoms with Crippen LogP contribution < -0.4 is 9.67 Å². The van der Waals surface area contributed by atoms with Crippen molar-refractivity contribution in [3.8, 4) is 5.75 Å². The number of rotatable bonds is 4. The number of nitrogens with zero attached hydrogens (tertiary/aromatic N) is 1. The van der Waals surface area contributed by atoms with E-state index in [4.69, 9.17) is 5.11 Å².